The number of carbonyl (C=O) groups is 2. The number of hydrogen-bond acceptors (Lipinski definition) is 5. The van der Waals surface area contributed by atoms with Gasteiger partial charge in [-0.25, -0.2) is 9.97 Å². The molecule has 3 aromatic rings. The van der Waals surface area contributed by atoms with Crippen molar-refractivity contribution in [3.05, 3.63) is 65.9 Å². The monoisotopic (exact) mass is 377 g/mol. The van der Waals surface area contributed by atoms with Crippen molar-refractivity contribution in [1.29, 1.82) is 0 Å². The molecule has 8 nitrogen and oxygen atoms in total. The Hall–Kier alpha value is -3.42. The molecule has 0 bridgehead atoms. The minimum Gasteiger partial charge on any atom is -0.448 e. The zero-order valence-electron chi connectivity index (χ0n) is 15.5. The second kappa shape index (κ2) is 5.79. The first-order chi connectivity index (χ1) is 13.5. The van der Waals surface area contributed by atoms with E-state index in [9.17, 15) is 9.59 Å². The Labute approximate surface area is 161 Å². The van der Waals surface area contributed by atoms with Gasteiger partial charge in [-0.05, 0) is 18.1 Å². The Kier molecular flexibility index (Phi) is 3.46. The number of imidazole rings is 1. The van der Waals surface area contributed by atoms with Crippen LogP contribution in [0, 0.1) is 6.92 Å². The molecule has 142 valence electrons. The van der Waals surface area contributed by atoms with Crippen LogP contribution in [0.1, 0.15) is 40.2 Å². The Bertz CT molecular complexity index is 1100. The maximum atomic E-state index is 13.3. The smallest absolute Gasteiger partial charge is 0.276 e. The van der Waals surface area contributed by atoms with Crippen molar-refractivity contribution in [3.63, 3.8) is 0 Å². The zero-order chi connectivity index (χ0) is 19.5. The third kappa shape index (κ3) is 2.11. The molecule has 2 amide bonds. The SMILES string of the molecule is Cc1nc(C(=O)N2CC[C@]3(C(=O)Nc4ccccc43)[C@@H]2c2nccn2C)co1. The van der Waals surface area contributed by atoms with Crippen LogP contribution in [0.4, 0.5) is 5.69 Å². The predicted molar refractivity (Wildman–Crippen MR) is 99.6 cm³/mol. The summed E-state index contributed by atoms with van der Waals surface area (Å²) in [4.78, 5) is 36.9. The van der Waals surface area contributed by atoms with Gasteiger partial charge in [-0.3, -0.25) is 9.59 Å². The highest BCUT2D eigenvalue weighted by molar-refractivity contribution is 6.08. The molecule has 1 aromatic carbocycles. The number of hydrogen-bond donors (Lipinski definition) is 1. The molecule has 8 heteroatoms. The molecule has 28 heavy (non-hydrogen) atoms. The van der Waals surface area contributed by atoms with E-state index in [0.717, 1.165) is 11.3 Å². The number of aryl methyl sites for hydroxylation is 2. The van der Waals surface area contributed by atoms with Gasteiger partial charge in [0.2, 0.25) is 5.91 Å². The third-order valence-corrected chi connectivity index (χ3v) is 5.79. The molecular weight excluding hydrogens is 358 g/mol. The van der Waals surface area contributed by atoms with Crippen molar-refractivity contribution in [1.82, 2.24) is 19.4 Å². The van der Waals surface area contributed by atoms with Gasteiger partial charge in [0.15, 0.2) is 11.6 Å². The first-order valence-electron chi connectivity index (χ1n) is 9.13. The number of amides is 2. The van der Waals surface area contributed by atoms with E-state index < -0.39 is 11.5 Å². The number of rotatable bonds is 2. The molecule has 5 rings (SSSR count). The number of para-hydroxylation sites is 1. The van der Waals surface area contributed by atoms with Crippen molar-refractivity contribution in [2.75, 3.05) is 11.9 Å². The number of nitrogens with one attached hydrogen (secondary N) is 1. The fourth-order valence-electron chi connectivity index (χ4n) is 4.51. The molecule has 0 unspecified atom stereocenters. The van der Waals surface area contributed by atoms with Gasteiger partial charge < -0.3 is 19.2 Å². The first-order valence-corrected chi connectivity index (χ1v) is 9.13. The number of fused-ring (bicyclic) bond motifs is 2. The Balaban J connectivity index is 1.68. The second-order valence-corrected chi connectivity index (χ2v) is 7.27. The van der Waals surface area contributed by atoms with Crippen LogP contribution in [-0.4, -0.2) is 37.8 Å². The number of benzene rings is 1. The van der Waals surface area contributed by atoms with Gasteiger partial charge in [-0.15, -0.1) is 0 Å². The Morgan fingerprint density at radius 3 is 2.89 bits per heavy atom. The normalized spacial score (nSPS) is 23.3. The van der Waals surface area contributed by atoms with E-state index in [-0.39, 0.29) is 17.5 Å². The Morgan fingerprint density at radius 2 is 2.18 bits per heavy atom. The van der Waals surface area contributed by atoms with Crippen LogP contribution >= 0.6 is 0 Å². The second-order valence-electron chi connectivity index (χ2n) is 7.27. The lowest BCUT2D eigenvalue weighted by Crippen LogP contribution is -2.43. The van der Waals surface area contributed by atoms with Crippen molar-refractivity contribution >= 4 is 17.5 Å². The molecule has 0 saturated carbocycles. The summed E-state index contributed by atoms with van der Waals surface area (Å²) in [6.07, 6.45) is 5.38. The summed E-state index contributed by atoms with van der Waals surface area (Å²) < 4.78 is 7.09. The summed E-state index contributed by atoms with van der Waals surface area (Å²) in [6.45, 7) is 2.11. The van der Waals surface area contributed by atoms with Crippen LogP contribution < -0.4 is 5.32 Å². The topological polar surface area (TPSA) is 93.3 Å². The lowest BCUT2D eigenvalue weighted by Gasteiger charge is -2.33. The maximum absolute atomic E-state index is 13.3. The minimum absolute atomic E-state index is 0.103. The number of oxazole rings is 1. The highest BCUT2D eigenvalue weighted by atomic mass is 16.3. The molecule has 1 N–H and O–H groups in total. The zero-order valence-corrected chi connectivity index (χ0v) is 15.5. The number of carbonyl (C=O) groups excluding carboxylic acids is 2. The molecule has 2 aromatic heterocycles. The molecule has 2 aliphatic heterocycles. The predicted octanol–water partition coefficient (Wildman–Crippen LogP) is 2.19. The van der Waals surface area contributed by atoms with Crippen LogP contribution in [0.15, 0.2) is 47.3 Å². The summed E-state index contributed by atoms with van der Waals surface area (Å²) in [5.41, 5.74) is 1.04. The molecule has 2 aliphatic rings. The van der Waals surface area contributed by atoms with Crippen LogP contribution in [0.3, 0.4) is 0 Å². The molecular formula is C20H19N5O3. The van der Waals surface area contributed by atoms with E-state index in [0.29, 0.717) is 24.7 Å². The lowest BCUT2D eigenvalue weighted by atomic mass is 9.74. The van der Waals surface area contributed by atoms with Gasteiger partial charge in [0.05, 0.1) is 0 Å². The van der Waals surface area contributed by atoms with Crippen molar-refractivity contribution in [3.8, 4) is 0 Å². The number of nitrogens with zero attached hydrogens (tertiary/aromatic N) is 4. The van der Waals surface area contributed by atoms with Gasteiger partial charge in [0.1, 0.15) is 23.5 Å². The molecule has 4 heterocycles. The summed E-state index contributed by atoms with van der Waals surface area (Å²) >= 11 is 0. The van der Waals surface area contributed by atoms with E-state index in [1.165, 1.54) is 6.26 Å². The average molecular weight is 377 g/mol. The standard InChI is InChI=1S/C20H19N5O3/c1-12-22-15(11-28-12)18(26)25-9-7-20(16(25)17-21-8-10-24(17)2)13-5-3-4-6-14(13)23-19(20)27/h3-6,8,10-11,16H,7,9H2,1-2H3,(H,23,27)/t16-,20+/m0/s1. The van der Waals surface area contributed by atoms with Crippen molar-refractivity contribution in [2.45, 2.75) is 24.8 Å². The van der Waals surface area contributed by atoms with Gasteiger partial charge >= 0.3 is 0 Å². The highest BCUT2D eigenvalue weighted by Crippen LogP contribution is 2.54. The number of likely N-dealkylation sites (tertiary alicyclic amines) is 1. The van der Waals surface area contributed by atoms with Crippen LogP contribution in [-0.2, 0) is 17.3 Å². The van der Waals surface area contributed by atoms with Gasteiger partial charge in [0.25, 0.3) is 5.91 Å². The lowest BCUT2D eigenvalue weighted by molar-refractivity contribution is -0.121. The summed E-state index contributed by atoms with van der Waals surface area (Å²) in [6, 6.07) is 7.12. The first kappa shape index (κ1) is 16.7. The van der Waals surface area contributed by atoms with Gasteiger partial charge in [0, 0.05) is 38.6 Å². The fraction of sp³-hybridized carbons (Fsp3) is 0.300. The number of anilines is 1. The summed E-state index contributed by atoms with van der Waals surface area (Å²) in [5.74, 6) is 0.722. The summed E-state index contributed by atoms with van der Waals surface area (Å²) in [7, 11) is 1.87. The van der Waals surface area contributed by atoms with E-state index in [1.54, 1.807) is 18.0 Å². The van der Waals surface area contributed by atoms with Crippen LogP contribution in [0.25, 0.3) is 0 Å². The molecule has 1 spiro atoms. The molecule has 2 atom stereocenters. The van der Waals surface area contributed by atoms with E-state index in [1.807, 2.05) is 42.1 Å². The quantitative estimate of drug-likeness (QED) is 0.739. The van der Waals surface area contributed by atoms with Crippen molar-refractivity contribution in [2.24, 2.45) is 7.05 Å². The van der Waals surface area contributed by atoms with Crippen molar-refractivity contribution < 1.29 is 14.0 Å². The molecule has 0 radical (unpaired) electrons. The minimum atomic E-state index is -0.885. The van der Waals surface area contributed by atoms with Crippen LogP contribution in [0.2, 0.25) is 0 Å². The average Bonchev–Trinajstić information content (AvgIpc) is 3.43. The Morgan fingerprint density at radius 1 is 1.36 bits per heavy atom. The molecule has 1 fully saturated rings. The van der Waals surface area contributed by atoms with E-state index in [2.05, 4.69) is 15.3 Å². The molecule has 1 saturated heterocycles. The third-order valence-electron chi connectivity index (χ3n) is 5.79. The summed E-state index contributed by atoms with van der Waals surface area (Å²) in [5, 5.41) is 3.00. The van der Waals surface area contributed by atoms with Crippen LogP contribution in [0.5, 0.6) is 0 Å². The van der Waals surface area contributed by atoms with Gasteiger partial charge in [-0.1, -0.05) is 18.2 Å². The van der Waals surface area contributed by atoms with Gasteiger partial charge in [-0.2, -0.15) is 0 Å². The largest absolute Gasteiger partial charge is 0.448 e. The fourth-order valence-corrected chi connectivity index (χ4v) is 4.51. The van der Waals surface area contributed by atoms with E-state index >= 15 is 0 Å². The number of aromatic nitrogens is 3. The van der Waals surface area contributed by atoms with E-state index in [4.69, 9.17) is 4.42 Å². The molecule has 0 aliphatic carbocycles. The highest BCUT2D eigenvalue weighted by Gasteiger charge is 2.60. The maximum Gasteiger partial charge on any atom is 0.276 e.